The van der Waals surface area contributed by atoms with Gasteiger partial charge in [-0.25, -0.2) is 0 Å². The first-order chi connectivity index (χ1) is 12.4. The number of carbonyl (C=O) groups excluding carboxylic acids is 1. The maximum atomic E-state index is 12.5. The highest BCUT2D eigenvalue weighted by Crippen LogP contribution is 2.22. The van der Waals surface area contributed by atoms with Crippen molar-refractivity contribution in [2.75, 3.05) is 10.6 Å². The van der Waals surface area contributed by atoms with Crippen molar-refractivity contribution in [2.45, 2.75) is 43.7 Å². The average molecular weight is 477 g/mol. The van der Waals surface area contributed by atoms with Gasteiger partial charge in [-0.3, -0.25) is 4.79 Å². The van der Waals surface area contributed by atoms with E-state index in [9.17, 15) is 4.79 Å². The number of halogens is 1. The second kappa shape index (κ2) is 8.33. The molecule has 1 amide bonds. The van der Waals surface area contributed by atoms with Gasteiger partial charge >= 0.3 is 0 Å². The second-order valence-electron chi connectivity index (χ2n) is 8.06. The summed E-state index contributed by atoms with van der Waals surface area (Å²) in [6, 6.07) is 15.2. The number of hydrogen-bond acceptors (Lipinski definition) is 3. The van der Waals surface area contributed by atoms with Crippen molar-refractivity contribution in [1.82, 2.24) is 5.32 Å². The fraction of sp³-hybridized carbons (Fsp3) is 0.318. The van der Waals surface area contributed by atoms with E-state index >= 15 is 0 Å². The first-order valence-electron chi connectivity index (χ1n) is 8.89. The molecule has 0 saturated heterocycles. The van der Waals surface area contributed by atoms with Gasteiger partial charge in [0.15, 0.2) is 0 Å². The molecule has 2 aromatic carbocycles. The Morgan fingerprint density at radius 2 is 1.33 bits per heavy atom. The van der Waals surface area contributed by atoms with Crippen LogP contribution in [0.3, 0.4) is 0 Å². The van der Waals surface area contributed by atoms with Crippen LogP contribution in [0.4, 0.5) is 11.4 Å². The van der Waals surface area contributed by atoms with Crippen molar-refractivity contribution in [3.63, 3.8) is 0 Å². The minimum Gasteiger partial charge on any atom is -0.380 e. The fourth-order valence-corrected chi connectivity index (χ4v) is 2.84. The molecule has 2 aromatic rings. The SMILES string of the molecule is C=C(NC(C)(C)C)c1ccc(NC(=O)c2ccc(NC(C)(C)I)cc2)cc1. The van der Waals surface area contributed by atoms with Crippen LogP contribution in [-0.2, 0) is 0 Å². The van der Waals surface area contributed by atoms with Crippen LogP contribution in [-0.4, -0.2) is 15.0 Å². The average Bonchev–Trinajstić information content (AvgIpc) is 2.53. The van der Waals surface area contributed by atoms with Gasteiger partial charge in [0.1, 0.15) is 0 Å². The van der Waals surface area contributed by atoms with Crippen LogP contribution < -0.4 is 16.0 Å². The van der Waals surface area contributed by atoms with Crippen LogP contribution in [0.1, 0.15) is 50.5 Å². The normalized spacial score (nSPS) is 11.6. The van der Waals surface area contributed by atoms with Crippen LogP contribution in [0.25, 0.3) is 5.70 Å². The topological polar surface area (TPSA) is 53.2 Å². The lowest BCUT2D eigenvalue weighted by atomic mass is 10.1. The van der Waals surface area contributed by atoms with E-state index in [1.54, 1.807) is 0 Å². The minimum absolute atomic E-state index is 0.0441. The number of rotatable bonds is 6. The Morgan fingerprint density at radius 1 is 0.852 bits per heavy atom. The molecule has 0 bridgehead atoms. The van der Waals surface area contributed by atoms with E-state index in [0.717, 1.165) is 22.6 Å². The zero-order valence-electron chi connectivity index (χ0n) is 16.6. The van der Waals surface area contributed by atoms with Crippen LogP contribution in [0, 0.1) is 0 Å². The Bertz CT molecular complexity index is 797. The molecule has 0 atom stereocenters. The van der Waals surface area contributed by atoms with E-state index in [4.69, 9.17) is 0 Å². The van der Waals surface area contributed by atoms with E-state index in [-0.39, 0.29) is 15.0 Å². The summed E-state index contributed by atoms with van der Waals surface area (Å²) in [5.41, 5.74) is 4.18. The third kappa shape index (κ3) is 7.25. The first kappa shape index (κ1) is 21.3. The van der Waals surface area contributed by atoms with Crippen LogP contribution >= 0.6 is 22.6 Å². The predicted molar refractivity (Wildman–Crippen MR) is 124 cm³/mol. The van der Waals surface area contributed by atoms with Gasteiger partial charge in [0, 0.05) is 28.2 Å². The summed E-state index contributed by atoms with van der Waals surface area (Å²) in [4.78, 5) is 12.5. The molecule has 2 rings (SSSR count). The lowest BCUT2D eigenvalue weighted by molar-refractivity contribution is 0.102. The van der Waals surface area contributed by atoms with Gasteiger partial charge in [-0.1, -0.05) is 41.3 Å². The van der Waals surface area contributed by atoms with Crippen LogP contribution in [0.5, 0.6) is 0 Å². The van der Waals surface area contributed by atoms with Crippen molar-refractivity contribution >= 4 is 45.6 Å². The molecule has 0 aromatic heterocycles. The van der Waals surface area contributed by atoms with Crippen LogP contribution in [0.2, 0.25) is 0 Å². The fourth-order valence-electron chi connectivity index (χ4n) is 2.53. The maximum Gasteiger partial charge on any atom is 0.255 e. The molecule has 0 saturated carbocycles. The van der Waals surface area contributed by atoms with Gasteiger partial charge in [0.2, 0.25) is 0 Å². The Kier molecular flexibility index (Phi) is 6.57. The highest BCUT2D eigenvalue weighted by molar-refractivity contribution is 14.1. The Hall–Kier alpha value is -2.02. The molecular weight excluding hydrogens is 449 g/mol. The van der Waals surface area contributed by atoms with E-state index in [1.165, 1.54) is 0 Å². The molecule has 0 aliphatic rings. The molecule has 0 aliphatic heterocycles. The molecular formula is C22H28IN3O. The molecule has 27 heavy (non-hydrogen) atoms. The molecule has 3 N–H and O–H groups in total. The molecule has 4 nitrogen and oxygen atoms in total. The molecule has 5 heteroatoms. The predicted octanol–water partition coefficient (Wildman–Crippen LogP) is 5.88. The standard InChI is InChI=1S/C22H28IN3O/c1-15(25-21(2,3)4)16-7-11-18(12-8-16)24-20(27)17-9-13-19(14-10-17)26-22(5,6)23/h7-14,25-26H,1H2,2-6H3,(H,24,27). The smallest absolute Gasteiger partial charge is 0.255 e. The zero-order valence-corrected chi connectivity index (χ0v) is 18.8. The highest BCUT2D eigenvalue weighted by atomic mass is 127. The van der Waals surface area contributed by atoms with Crippen molar-refractivity contribution in [3.8, 4) is 0 Å². The molecule has 144 valence electrons. The minimum atomic E-state index is -0.130. The Balaban J connectivity index is 2.00. The summed E-state index contributed by atoms with van der Waals surface area (Å²) in [5, 5.41) is 9.65. The van der Waals surface area contributed by atoms with Gasteiger partial charge in [-0.2, -0.15) is 0 Å². The summed E-state index contributed by atoms with van der Waals surface area (Å²) in [6.45, 7) is 14.5. The Morgan fingerprint density at radius 3 is 1.81 bits per heavy atom. The summed E-state index contributed by atoms with van der Waals surface area (Å²) in [7, 11) is 0. The number of alkyl halides is 1. The lowest BCUT2D eigenvalue weighted by Gasteiger charge is -2.24. The molecule has 0 radical (unpaired) electrons. The molecule has 0 aliphatic carbocycles. The summed E-state index contributed by atoms with van der Waals surface area (Å²) >= 11 is 2.33. The van der Waals surface area contributed by atoms with E-state index in [2.05, 4.69) is 79.7 Å². The number of nitrogens with one attached hydrogen (secondary N) is 3. The van der Waals surface area contributed by atoms with Gasteiger partial charge in [-0.05, 0) is 76.6 Å². The third-order valence-electron chi connectivity index (χ3n) is 3.61. The number of benzene rings is 2. The Labute approximate surface area is 176 Å². The van der Waals surface area contributed by atoms with Crippen molar-refractivity contribution in [2.24, 2.45) is 0 Å². The van der Waals surface area contributed by atoms with Crippen LogP contribution in [0.15, 0.2) is 55.1 Å². The van der Waals surface area contributed by atoms with Gasteiger partial charge in [0.05, 0.1) is 3.55 Å². The number of anilines is 2. The van der Waals surface area contributed by atoms with Gasteiger partial charge in [-0.15, -0.1) is 0 Å². The van der Waals surface area contributed by atoms with Crippen molar-refractivity contribution < 1.29 is 4.79 Å². The monoisotopic (exact) mass is 477 g/mol. The number of hydrogen-bond donors (Lipinski definition) is 3. The quantitative estimate of drug-likeness (QED) is 0.277. The molecule has 0 fully saturated rings. The lowest BCUT2D eigenvalue weighted by Crippen LogP contribution is -2.33. The number of carbonyl (C=O) groups is 1. The first-order valence-corrected chi connectivity index (χ1v) is 9.97. The summed E-state index contributed by atoms with van der Waals surface area (Å²) in [6.07, 6.45) is 0. The number of amides is 1. The van der Waals surface area contributed by atoms with Crippen molar-refractivity contribution in [3.05, 3.63) is 66.2 Å². The molecule has 0 unspecified atom stereocenters. The maximum absolute atomic E-state index is 12.5. The van der Waals surface area contributed by atoms with Gasteiger partial charge in [0.25, 0.3) is 5.91 Å². The third-order valence-corrected chi connectivity index (χ3v) is 3.88. The van der Waals surface area contributed by atoms with E-state index < -0.39 is 0 Å². The highest BCUT2D eigenvalue weighted by Gasteiger charge is 2.13. The zero-order chi connectivity index (χ0) is 20.2. The van der Waals surface area contributed by atoms with Crippen molar-refractivity contribution in [1.29, 1.82) is 0 Å². The summed E-state index contributed by atoms with van der Waals surface area (Å²) < 4.78 is -0.0465. The second-order valence-corrected chi connectivity index (χ2v) is 10.8. The largest absolute Gasteiger partial charge is 0.380 e. The van der Waals surface area contributed by atoms with E-state index in [1.807, 2.05) is 48.5 Å². The van der Waals surface area contributed by atoms with Gasteiger partial charge < -0.3 is 16.0 Å². The summed E-state index contributed by atoms with van der Waals surface area (Å²) in [5.74, 6) is -0.130. The molecule has 0 heterocycles. The molecule has 0 spiro atoms. The van der Waals surface area contributed by atoms with E-state index in [0.29, 0.717) is 5.56 Å².